The van der Waals surface area contributed by atoms with E-state index in [-0.39, 0.29) is 23.4 Å². The quantitative estimate of drug-likeness (QED) is 0.795. The molecule has 0 bridgehead atoms. The number of rotatable bonds is 2. The smallest absolute Gasteiger partial charge is 0.276 e. The summed E-state index contributed by atoms with van der Waals surface area (Å²) in [7, 11) is 0. The molecule has 0 spiro atoms. The highest BCUT2D eigenvalue weighted by molar-refractivity contribution is 5.97. The summed E-state index contributed by atoms with van der Waals surface area (Å²) in [6, 6.07) is 0. The lowest BCUT2D eigenvalue weighted by molar-refractivity contribution is -0.134. The molecule has 1 saturated heterocycles. The minimum Gasteiger partial charge on any atom is -0.395 e. The van der Waals surface area contributed by atoms with Gasteiger partial charge in [-0.25, -0.2) is 0 Å². The zero-order valence-corrected chi connectivity index (χ0v) is 11.6. The van der Waals surface area contributed by atoms with Crippen LogP contribution >= 0.6 is 0 Å². The fourth-order valence-corrected chi connectivity index (χ4v) is 2.47. The van der Waals surface area contributed by atoms with Crippen molar-refractivity contribution < 1.29 is 9.59 Å². The molecule has 2 heterocycles. The number of carbonyl (C=O) groups excluding carboxylic acids is 2. The zero-order valence-electron chi connectivity index (χ0n) is 11.6. The van der Waals surface area contributed by atoms with Crippen molar-refractivity contribution in [2.45, 2.75) is 19.8 Å². The molecule has 2 aliphatic rings. The highest BCUT2D eigenvalue weighted by atomic mass is 16.2. The lowest BCUT2D eigenvalue weighted by Crippen LogP contribution is -2.51. The predicted octanol–water partition coefficient (Wildman–Crippen LogP) is -0.00528. The van der Waals surface area contributed by atoms with E-state index in [0.717, 1.165) is 12.8 Å². The monoisotopic (exact) mass is 277 g/mol. The Kier molecular flexibility index (Phi) is 3.11. The van der Waals surface area contributed by atoms with Crippen molar-refractivity contribution in [3.63, 3.8) is 0 Å². The number of nitrogens with two attached hydrogens (primary N) is 1. The van der Waals surface area contributed by atoms with Gasteiger partial charge in [-0.1, -0.05) is 0 Å². The van der Waals surface area contributed by atoms with Crippen molar-refractivity contribution in [3.05, 3.63) is 11.4 Å². The van der Waals surface area contributed by atoms with Crippen molar-refractivity contribution in [1.82, 2.24) is 20.0 Å². The molecule has 1 saturated carbocycles. The summed E-state index contributed by atoms with van der Waals surface area (Å²) in [5, 5.41) is 6.68. The van der Waals surface area contributed by atoms with E-state index < -0.39 is 0 Å². The van der Waals surface area contributed by atoms with Gasteiger partial charge in [-0.3, -0.25) is 14.7 Å². The number of nitrogens with zero attached hydrogens (tertiary/aromatic N) is 3. The van der Waals surface area contributed by atoms with Gasteiger partial charge in [0.15, 0.2) is 5.69 Å². The minimum atomic E-state index is -0.162. The summed E-state index contributed by atoms with van der Waals surface area (Å²) in [6.45, 7) is 4.07. The zero-order chi connectivity index (χ0) is 14.3. The van der Waals surface area contributed by atoms with Crippen LogP contribution in [-0.4, -0.2) is 58.0 Å². The number of H-pyrrole nitrogens is 1. The number of hydrogen-bond acceptors (Lipinski definition) is 4. The molecule has 20 heavy (non-hydrogen) atoms. The summed E-state index contributed by atoms with van der Waals surface area (Å²) in [5.74, 6) is 0.319. The normalized spacial score (nSPS) is 19.2. The summed E-state index contributed by atoms with van der Waals surface area (Å²) < 4.78 is 0. The van der Waals surface area contributed by atoms with Crippen LogP contribution in [0.3, 0.4) is 0 Å². The fourth-order valence-electron chi connectivity index (χ4n) is 2.47. The molecule has 108 valence electrons. The lowest BCUT2D eigenvalue weighted by Gasteiger charge is -2.34. The van der Waals surface area contributed by atoms with Gasteiger partial charge in [-0.2, -0.15) is 5.10 Å². The average Bonchev–Trinajstić information content (AvgIpc) is 3.26. The highest BCUT2D eigenvalue weighted by Gasteiger charge is 2.35. The number of nitrogen functional groups attached to an aromatic ring is 1. The Morgan fingerprint density at radius 3 is 2.30 bits per heavy atom. The first-order chi connectivity index (χ1) is 9.58. The Hall–Kier alpha value is -2.05. The molecule has 0 aromatic carbocycles. The van der Waals surface area contributed by atoms with Gasteiger partial charge >= 0.3 is 0 Å². The number of piperazine rings is 1. The second-order valence-electron chi connectivity index (χ2n) is 5.50. The second kappa shape index (κ2) is 4.81. The van der Waals surface area contributed by atoms with Crippen LogP contribution in [0.1, 0.15) is 29.0 Å². The highest BCUT2D eigenvalue weighted by Crippen LogP contribution is 2.31. The summed E-state index contributed by atoms with van der Waals surface area (Å²) in [5.41, 5.74) is 7.22. The fraction of sp³-hybridized carbons (Fsp3) is 0.615. The van der Waals surface area contributed by atoms with Gasteiger partial charge in [0.2, 0.25) is 5.91 Å². The van der Waals surface area contributed by atoms with E-state index in [1.165, 1.54) is 0 Å². The largest absolute Gasteiger partial charge is 0.395 e. The van der Waals surface area contributed by atoms with Crippen LogP contribution in [0.15, 0.2) is 0 Å². The molecular weight excluding hydrogens is 258 g/mol. The van der Waals surface area contributed by atoms with E-state index in [9.17, 15) is 9.59 Å². The molecule has 3 rings (SSSR count). The van der Waals surface area contributed by atoms with Gasteiger partial charge in [0.1, 0.15) is 0 Å². The Morgan fingerprint density at radius 1 is 1.20 bits per heavy atom. The summed E-state index contributed by atoms with van der Waals surface area (Å²) >= 11 is 0. The van der Waals surface area contributed by atoms with E-state index in [4.69, 9.17) is 5.73 Å². The van der Waals surface area contributed by atoms with E-state index in [0.29, 0.717) is 37.6 Å². The molecule has 3 N–H and O–H groups in total. The SMILES string of the molecule is Cc1[nH]nc(C(=O)N2CCN(C(=O)C3CC3)CC2)c1N. The van der Waals surface area contributed by atoms with Crippen molar-refractivity contribution in [2.24, 2.45) is 5.92 Å². The van der Waals surface area contributed by atoms with E-state index in [1.54, 1.807) is 11.8 Å². The number of aryl methyl sites for hydroxylation is 1. The topological polar surface area (TPSA) is 95.3 Å². The predicted molar refractivity (Wildman–Crippen MR) is 72.9 cm³/mol. The maximum atomic E-state index is 12.3. The maximum Gasteiger partial charge on any atom is 0.276 e. The second-order valence-corrected chi connectivity index (χ2v) is 5.50. The summed E-state index contributed by atoms with van der Waals surface area (Å²) in [6.07, 6.45) is 2.03. The number of aromatic amines is 1. The molecule has 2 amide bonds. The number of nitrogens with one attached hydrogen (secondary N) is 1. The molecule has 2 fully saturated rings. The molecular formula is C13H19N5O2. The van der Waals surface area contributed by atoms with Crippen molar-refractivity contribution >= 4 is 17.5 Å². The molecule has 1 aromatic rings. The third kappa shape index (κ3) is 2.23. The number of amides is 2. The third-order valence-electron chi connectivity index (χ3n) is 4.00. The van der Waals surface area contributed by atoms with Gasteiger partial charge in [0.25, 0.3) is 5.91 Å². The van der Waals surface area contributed by atoms with Crippen molar-refractivity contribution in [1.29, 1.82) is 0 Å². The number of hydrogen-bond donors (Lipinski definition) is 2. The Bertz CT molecular complexity index is 541. The number of carbonyl (C=O) groups is 2. The summed E-state index contributed by atoms with van der Waals surface area (Å²) in [4.78, 5) is 27.8. The van der Waals surface area contributed by atoms with Crippen LogP contribution in [0.4, 0.5) is 5.69 Å². The molecule has 1 aliphatic heterocycles. The van der Waals surface area contributed by atoms with Crippen LogP contribution in [0, 0.1) is 12.8 Å². The minimum absolute atomic E-state index is 0.162. The van der Waals surface area contributed by atoms with Gasteiger partial charge in [0, 0.05) is 32.1 Å². The van der Waals surface area contributed by atoms with Gasteiger partial charge in [0.05, 0.1) is 11.4 Å². The lowest BCUT2D eigenvalue weighted by atomic mass is 10.2. The number of anilines is 1. The molecule has 7 heteroatoms. The van der Waals surface area contributed by atoms with Crippen LogP contribution in [0.25, 0.3) is 0 Å². The van der Waals surface area contributed by atoms with E-state index >= 15 is 0 Å². The Labute approximate surface area is 117 Å². The average molecular weight is 277 g/mol. The third-order valence-corrected chi connectivity index (χ3v) is 4.00. The van der Waals surface area contributed by atoms with Crippen LogP contribution in [0.5, 0.6) is 0 Å². The standard InChI is InChI=1S/C13H19N5O2/c1-8-10(14)11(16-15-8)13(20)18-6-4-17(5-7-18)12(19)9-2-3-9/h9H,2-7,14H2,1H3,(H,15,16). The van der Waals surface area contributed by atoms with Crippen LogP contribution in [0.2, 0.25) is 0 Å². The Balaban J connectivity index is 1.61. The first-order valence-corrected chi connectivity index (χ1v) is 6.96. The van der Waals surface area contributed by atoms with Crippen LogP contribution < -0.4 is 5.73 Å². The van der Waals surface area contributed by atoms with Crippen molar-refractivity contribution in [3.8, 4) is 0 Å². The molecule has 1 aliphatic carbocycles. The Morgan fingerprint density at radius 2 is 1.80 bits per heavy atom. The van der Waals surface area contributed by atoms with E-state index in [1.807, 2.05) is 4.90 Å². The van der Waals surface area contributed by atoms with Gasteiger partial charge < -0.3 is 15.5 Å². The molecule has 0 atom stereocenters. The van der Waals surface area contributed by atoms with Crippen molar-refractivity contribution in [2.75, 3.05) is 31.9 Å². The van der Waals surface area contributed by atoms with Gasteiger partial charge in [-0.05, 0) is 19.8 Å². The number of aromatic nitrogens is 2. The first-order valence-electron chi connectivity index (χ1n) is 6.96. The molecule has 0 radical (unpaired) electrons. The first kappa shape index (κ1) is 13.0. The molecule has 7 nitrogen and oxygen atoms in total. The van der Waals surface area contributed by atoms with E-state index in [2.05, 4.69) is 10.2 Å². The van der Waals surface area contributed by atoms with Gasteiger partial charge in [-0.15, -0.1) is 0 Å². The molecule has 0 unspecified atom stereocenters. The van der Waals surface area contributed by atoms with Crippen LogP contribution in [-0.2, 0) is 4.79 Å². The molecule has 1 aromatic heterocycles. The maximum absolute atomic E-state index is 12.3.